The molecule has 2 fully saturated rings. The molecule has 2 heterocycles. The lowest BCUT2D eigenvalue weighted by atomic mass is 10.1. The highest BCUT2D eigenvalue weighted by atomic mass is 16.5. The second-order valence-corrected chi connectivity index (χ2v) is 6.76. The van der Waals surface area contributed by atoms with Gasteiger partial charge in [-0.2, -0.15) is 0 Å². The summed E-state index contributed by atoms with van der Waals surface area (Å²) in [5.74, 6) is 2.55. The number of methoxy groups -OCH3 is 1. The van der Waals surface area contributed by atoms with Gasteiger partial charge in [0.25, 0.3) is 0 Å². The predicted molar refractivity (Wildman–Crippen MR) is 105 cm³/mol. The van der Waals surface area contributed by atoms with Crippen LogP contribution in [-0.2, 0) is 9.47 Å². The minimum Gasteiger partial charge on any atom is -0.497 e. The molecular formula is C20H31N3O4. The summed E-state index contributed by atoms with van der Waals surface area (Å²) in [5.41, 5.74) is 0. The second-order valence-electron chi connectivity index (χ2n) is 6.76. The van der Waals surface area contributed by atoms with Crippen LogP contribution in [0, 0.1) is 0 Å². The van der Waals surface area contributed by atoms with Gasteiger partial charge in [0.2, 0.25) is 0 Å². The molecule has 2 atom stereocenters. The highest BCUT2D eigenvalue weighted by Gasteiger charge is 2.32. The Kier molecular flexibility index (Phi) is 7.59. The number of morpholine rings is 1. The van der Waals surface area contributed by atoms with E-state index in [1.54, 1.807) is 7.11 Å². The van der Waals surface area contributed by atoms with Crippen molar-refractivity contribution in [1.29, 1.82) is 0 Å². The van der Waals surface area contributed by atoms with Crippen LogP contribution in [0.3, 0.4) is 0 Å². The molecule has 0 aliphatic carbocycles. The number of benzene rings is 1. The molecule has 0 radical (unpaired) electrons. The van der Waals surface area contributed by atoms with Crippen LogP contribution in [-0.4, -0.2) is 76.7 Å². The summed E-state index contributed by atoms with van der Waals surface area (Å²) in [4.78, 5) is 6.69. The summed E-state index contributed by atoms with van der Waals surface area (Å²) in [6, 6.07) is 7.67. The third-order valence-electron chi connectivity index (χ3n) is 4.90. The molecule has 0 bridgehead atoms. The number of ether oxygens (including phenoxy) is 4. The van der Waals surface area contributed by atoms with E-state index in [2.05, 4.69) is 15.2 Å². The molecule has 2 aliphatic rings. The Morgan fingerprint density at radius 1 is 1.26 bits per heavy atom. The predicted octanol–water partition coefficient (Wildman–Crippen LogP) is 1.92. The number of rotatable bonds is 7. The fourth-order valence-electron chi connectivity index (χ4n) is 3.47. The lowest BCUT2D eigenvalue weighted by Crippen LogP contribution is -2.53. The summed E-state index contributed by atoms with van der Waals surface area (Å²) in [6.07, 6.45) is 3.46. The van der Waals surface area contributed by atoms with Gasteiger partial charge in [0.15, 0.2) is 5.96 Å². The van der Waals surface area contributed by atoms with E-state index in [0.717, 1.165) is 63.0 Å². The van der Waals surface area contributed by atoms with Gasteiger partial charge in [0.05, 0.1) is 26.4 Å². The molecule has 7 nitrogen and oxygen atoms in total. The van der Waals surface area contributed by atoms with Gasteiger partial charge in [-0.15, -0.1) is 0 Å². The third-order valence-corrected chi connectivity index (χ3v) is 4.90. The van der Waals surface area contributed by atoms with E-state index in [1.807, 2.05) is 31.3 Å². The molecule has 150 valence electrons. The number of hydrogen-bond acceptors (Lipinski definition) is 5. The van der Waals surface area contributed by atoms with Crippen LogP contribution in [0.5, 0.6) is 11.5 Å². The Hall–Kier alpha value is -1.99. The number of nitrogens with zero attached hydrogens (tertiary/aromatic N) is 2. The largest absolute Gasteiger partial charge is 0.497 e. The van der Waals surface area contributed by atoms with Gasteiger partial charge in [0.1, 0.15) is 17.6 Å². The SMILES string of the molecule is CN=C(NCCCOc1cccc(OC)c1)N1CCOC(C2CCCO2)C1. The molecule has 27 heavy (non-hydrogen) atoms. The van der Waals surface area contributed by atoms with E-state index in [4.69, 9.17) is 18.9 Å². The Labute approximate surface area is 161 Å². The van der Waals surface area contributed by atoms with E-state index in [9.17, 15) is 0 Å². The van der Waals surface area contributed by atoms with Gasteiger partial charge in [-0.25, -0.2) is 0 Å². The van der Waals surface area contributed by atoms with Crippen molar-refractivity contribution in [3.8, 4) is 11.5 Å². The molecule has 1 N–H and O–H groups in total. The summed E-state index contributed by atoms with van der Waals surface area (Å²) >= 11 is 0. The molecule has 3 rings (SSSR count). The van der Waals surface area contributed by atoms with Gasteiger partial charge >= 0.3 is 0 Å². The topological polar surface area (TPSA) is 64.6 Å². The van der Waals surface area contributed by atoms with Crippen LogP contribution in [0.1, 0.15) is 19.3 Å². The van der Waals surface area contributed by atoms with Gasteiger partial charge in [-0.1, -0.05) is 6.07 Å². The van der Waals surface area contributed by atoms with Crippen LogP contribution in [0.4, 0.5) is 0 Å². The maximum Gasteiger partial charge on any atom is 0.193 e. The van der Waals surface area contributed by atoms with Crippen molar-refractivity contribution in [2.24, 2.45) is 4.99 Å². The first-order valence-electron chi connectivity index (χ1n) is 9.76. The first-order chi connectivity index (χ1) is 13.3. The van der Waals surface area contributed by atoms with E-state index in [-0.39, 0.29) is 12.2 Å². The van der Waals surface area contributed by atoms with Crippen molar-refractivity contribution in [2.45, 2.75) is 31.5 Å². The van der Waals surface area contributed by atoms with Gasteiger partial charge in [-0.3, -0.25) is 4.99 Å². The van der Waals surface area contributed by atoms with Gasteiger partial charge in [0, 0.05) is 39.4 Å². The maximum absolute atomic E-state index is 5.92. The molecule has 0 saturated carbocycles. The van der Waals surface area contributed by atoms with Crippen molar-refractivity contribution in [2.75, 3.05) is 53.6 Å². The van der Waals surface area contributed by atoms with E-state index in [1.165, 1.54) is 0 Å². The fourth-order valence-corrected chi connectivity index (χ4v) is 3.47. The Morgan fingerprint density at radius 2 is 2.11 bits per heavy atom. The lowest BCUT2D eigenvalue weighted by Gasteiger charge is -2.37. The number of hydrogen-bond donors (Lipinski definition) is 1. The van der Waals surface area contributed by atoms with Gasteiger partial charge < -0.3 is 29.2 Å². The first kappa shape index (κ1) is 19.8. The molecule has 1 aromatic carbocycles. The molecule has 0 amide bonds. The zero-order valence-electron chi connectivity index (χ0n) is 16.4. The fraction of sp³-hybridized carbons (Fsp3) is 0.650. The standard InChI is InChI=1S/C20H31N3O4/c1-21-20(23-10-13-27-19(15-23)18-8-4-11-26-18)22-9-5-12-25-17-7-3-6-16(14-17)24-2/h3,6-7,14,18-19H,4-5,8-13,15H2,1-2H3,(H,21,22). The molecule has 1 aromatic rings. The molecule has 2 unspecified atom stereocenters. The van der Waals surface area contributed by atoms with Crippen molar-refractivity contribution >= 4 is 5.96 Å². The van der Waals surface area contributed by atoms with Crippen molar-refractivity contribution < 1.29 is 18.9 Å². The molecule has 7 heteroatoms. The van der Waals surface area contributed by atoms with Crippen LogP contribution < -0.4 is 14.8 Å². The average Bonchev–Trinajstić information content (AvgIpc) is 3.26. The smallest absolute Gasteiger partial charge is 0.193 e. The van der Waals surface area contributed by atoms with E-state index in [0.29, 0.717) is 13.2 Å². The van der Waals surface area contributed by atoms with E-state index >= 15 is 0 Å². The summed E-state index contributed by atoms with van der Waals surface area (Å²) < 4.78 is 22.7. The zero-order valence-corrected chi connectivity index (χ0v) is 16.4. The lowest BCUT2D eigenvalue weighted by molar-refractivity contribution is -0.0816. The van der Waals surface area contributed by atoms with Crippen LogP contribution in [0.2, 0.25) is 0 Å². The molecule has 0 spiro atoms. The van der Waals surface area contributed by atoms with E-state index < -0.39 is 0 Å². The highest BCUT2D eigenvalue weighted by Crippen LogP contribution is 2.21. The van der Waals surface area contributed by atoms with Crippen molar-refractivity contribution in [3.63, 3.8) is 0 Å². The van der Waals surface area contributed by atoms with Crippen LogP contribution in [0.25, 0.3) is 0 Å². The van der Waals surface area contributed by atoms with Crippen LogP contribution in [0.15, 0.2) is 29.3 Å². The van der Waals surface area contributed by atoms with Crippen molar-refractivity contribution in [1.82, 2.24) is 10.2 Å². The van der Waals surface area contributed by atoms with Crippen LogP contribution >= 0.6 is 0 Å². The van der Waals surface area contributed by atoms with Gasteiger partial charge in [-0.05, 0) is 31.4 Å². The normalized spacial score (nSPS) is 23.3. The Morgan fingerprint density at radius 3 is 2.89 bits per heavy atom. The molecular weight excluding hydrogens is 346 g/mol. The highest BCUT2D eigenvalue weighted by molar-refractivity contribution is 5.80. The first-order valence-corrected chi connectivity index (χ1v) is 9.76. The number of nitrogens with one attached hydrogen (secondary N) is 1. The second kappa shape index (κ2) is 10.4. The minimum atomic E-state index is 0.135. The third kappa shape index (κ3) is 5.74. The minimum absolute atomic E-state index is 0.135. The average molecular weight is 377 g/mol. The summed E-state index contributed by atoms with van der Waals surface area (Å²) in [5, 5.41) is 3.43. The molecule has 2 aliphatic heterocycles. The van der Waals surface area contributed by atoms with Crippen molar-refractivity contribution in [3.05, 3.63) is 24.3 Å². The zero-order chi connectivity index (χ0) is 18.9. The summed E-state index contributed by atoms with van der Waals surface area (Å²) in [6.45, 7) is 4.68. The molecule has 2 saturated heterocycles. The number of aliphatic imine (C=N–C) groups is 1. The Balaban J connectivity index is 1.38. The maximum atomic E-state index is 5.92. The monoisotopic (exact) mass is 377 g/mol. The number of guanidine groups is 1. The summed E-state index contributed by atoms with van der Waals surface area (Å²) in [7, 11) is 3.48. The molecule has 0 aromatic heterocycles. The Bertz CT molecular complexity index is 605. The quantitative estimate of drug-likeness (QED) is 0.445.